The zero-order valence-electron chi connectivity index (χ0n) is 15.3. The summed E-state index contributed by atoms with van der Waals surface area (Å²) in [5.41, 5.74) is -1.23. The van der Waals surface area contributed by atoms with Crippen molar-refractivity contribution in [3.8, 4) is 0 Å². The molecule has 0 bridgehead atoms. The van der Waals surface area contributed by atoms with Crippen LogP contribution in [-0.2, 0) is 19.1 Å². The van der Waals surface area contributed by atoms with E-state index in [4.69, 9.17) is 9.47 Å². The third kappa shape index (κ3) is 3.45. The van der Waals surface area contributed by atoms with E-state index in [2.05, 4.69) is 39.6 Å². The van der Waals surface area contributed by atoms with Gasteiger partial charge in [-0.25, -0.2) is 0 Å². The first-order valence-corrected chi connectivity index (χ1v) is 7.97. The van der Waals surface area contributed by atoms with Gasteiger partial charge in [0.1, 0.15) is 11.5 Å². The number of rotatable bonds is 4. The van der Waals surface area contributed by atoms with Crippen molar-refractivity contribution < 1.29 is 19.1 Å². The fourth-order valence-corrected chi connectivity index (χ4v) is 3.90. The van der Waals surface area contributed by atoms with Crippen LogP contribution in [-0.4, -0.2) is 47.7 Å². The minimum Gasteiger partial charge on any atom is -0.465 e. The first-order valence-electron chi connectivity index (χ1n) is 7.97. The largest absolute Gasteiger partial charge is 0.465 e. The van der Waals surface area contributed by atoms with Crippen LogP contribution < -0.4 is 0 Å². The monoisotopic (exact) mass is 313 g/mol. The molecule has 0 aromatic rings. The summed E-state index contributed by atoms with van der Waals surface area (Å²) in [6.07, 6.45) is 0.664. The molecule has 1 fully saturated rings. The van der Waals surface area contributed by atoms with Crippen LogP contribution in [0, 0.1) is 5.41 Å². The highest BCUT2D eigenvalue weighted by Crippen LogP contribution is 2.50. The Hall–Kier alpha value is -1.10. The van der Waals surface area contributed by atoms with Crippen LogP contribution in [0.25, 0.3) is 0 Å². The van der Waals surface area contributed by atoms with Gasteiger partial charge in [-0.1, -0.05) is 0 Å². The summed E-state index contributed by atoms with van der Waals surface area (Å²) in [6, 6.07) is 0. The average molecular weight is 313 g/mol. The summed E-state index contributed by atoms with van der Waals surface area (Å²) in [4.78, 5) is 26.5. The molecule has 1 atom stereocenters. The highest BCUT2D eigenvalue weighted by Gasteiger charge is 2.58. The molecule has 1 heterocycles. The molecule has 0 aliphatic carbocycles. The molecule has 0 spiro atoms. The molecule has 0 N–H and O–H groups in total. The van der Waals surface area contributed by atoms with Gasteiger partial charge in [0.05, 0.1) is 6.61 Å². The highest BCUT2D eigenvalue weighted by atomic mass is 16.6. The summed E-state index contributed by atoms with van der Waals surface area (Å²) in [5.74, 6) is -0.635. The van der Waals surface area contributed by atoms with Crippen LogP contribution >= 0.6 is 0 Å². The summed E-state index contributed by atoms with van der Waals surface area (Å²) < 4.78 is 10.8. The molecule has 5 nitrogen and oxygen atoms in total. The summed E-state index contributed by atoms with van der Waals surface area (Å²) in [6.45, 7) is 13.8. The Labute approximate surface area is 134 Å². The standard InChI is InChI=1S/C17H31NO4/c1-9-21-14(20)17(12(2)22-13(3)19)10-15(4,5)18(8)16(6,7)11-17/h12H,9-11H2,1-8H3. The molecule has 1 rings (SSSR count). The van der Waals surface area contributed by atoms with Gasteiger partial charge in [-0.05, 0) is 61.4 Å². The molecule has 0 radical (unpaired) electrons. The number of likely N-dealkylation sites (tertiary alicyclic amines) is 1. The molecule has 0 saturated carbocycles. The van der Waals surface area contributed by atoms with Gasteiger partial charge in [-0.15, -0.1) is 0 Å². The Morgan fingerprint density at radius 1 is 1.14 bits per heavy atom. The van der Waals surface area contributed by atoms with Gasteiger partial charge in [0.25, 0.3) is 0 Å². The van der Waals surface area contributed by atoms with Crippen molar-refractivity contribution in [1.29, 1.82) is 0 Å². The Kier molecular flexibility index (Phi) is 5.33. The highest BCUT2D eigenvalue weighted by molar-refractivity contribution is 5.79. The predicted octanol–water partition coefficient (Wildman–Crippen LogP) is 2.77. The number of ether oxygens (including phenoxy) is 2. The number of piperidine rings is 1. The lowest BCUT2D eigenvalue weighted by atomic mass is 9.62. The Morgan fingerprint density at radius 3 is 1.95 bits per heavy atom. The molecule has 0 aromatic carbocycles. The Balaban J connectivity index is 3.32. The molecule has 1 aliphatic heterocycles. The van der Waals surface area contributed by atoms with E-state index < -0.39 is 11.5 Å². The van der Waals surface area contributed by atoms with Gasteiger partial charge < -0.3 is 9.47 Å². The van der Waals surface area contributed by atoms with E-state index >= 15 is 0 Å². The van der Waals surface area contributed by atoms with E-state index in [0.717, 1.165) is 0 Å². The van der Waals surface area contributed by atoms with Crippen LogP contribution in [0.4, 0.5) is 0 Å². The van der Waals surface area contributed by atoms with Gasteiger partial charge in [-0.2, -0.15) is 0 Å². The number of hydrogen-bond donors (Lipinski definition) is 0. The zero-order chi connectivity index (χ0) is 17.3. The lowest BCUT2D eigenvalue weighted by Crippen LogP contribution is -2.66. The lowest BCUT2D eigenvalue weighted by molar-refractivity contribution is -0.189. The van der Waals surface area contributed by atoms with Crippen molar-refractivity contribution >= 4 is 11.9 Å². The average Bonchev–Trinajstić information content (AvgIpc) is 2.34. The topological polar surface area (TPSA) is 55.8 Å². The molecular formula is C17H31NO4. The fourth-order valence-electron chi connectivity index (χ4n) is 3.90. The summed E-state index contributed by atoms with van der Waals surface area (Å²) in [7, 11) is 2.07. The molecule has 1 saturated heterocycles. The number of carbonyl (C=O) groups excluding carboxylic acids is 2. The van der Waals surface area contributed by atoms with Gasteiger partial charge >= 0.3 is 11.9 Å². The quantitative estimate of drug-likeness (QED) is 0.747. The zero-order valence-corrected chi connectivity index (χ0v) is 15.3. The van der Waals surface area contributed by atoms with Crippen molar-refractivity contribution in [3.05, 3.63) is 0 Å². The first kappa shape index (κ1) is 18.9. The Bertz CT molecular complexity index is 424. The van der Waals surface area contributed by atoms with Crippen LogP contribution in [0.5, 0.6) is 0 Å². The molecule has 22 heavy (non-hydrogen) atoms. The summed E-state index contributed by atoms with van der Waals surface area (Å²) >= 11 is 0. The number of carbonyl (C=O) groups is 2. The minimum absolute atomic E-state index is 0.205. The van der Waals surface area contributed by atoms with Crippen molar-refractivity contribution in [3.63, 3.8) is 0 Å². The van der Waals surface area contributed by atoms with Gasteiger partial charge in [0.2, 0.25) is 0 Å². The second-order valence-electron chi connectivity index (χ2n) is 7.67. The Morgan fingerprint density at radius 2 is 1.59 bits per heavy atom. The maximum Gasteiger partial charge on any atom is 0.315 e. The van der Waals surface area contributed by atoms with Gasteiger partial charge in [0, 0.05) is 18.0 Å². The fraction of sp³-hybridized carbons (Fsp3) is 0.882. The van der Waals surface area contributed by atoms with Crippen molar-refractivity contribution in [2.24, 2.45) is 5.41 Å². The maximum absolute atomic E-state index is 12.8. The van der Waals surface area contributed by atoms with E-state index in [1.54, 1.807) is 13.8 Å². The van der Waals surface area contributed by atoms with Gasteiger partial charge in [-0.3, -0.25) is 14.5 Å². The normalized spacial score (nSPS) is 24.4. The van der Waals surface area contributed by atoms with E-state index in [-0.39, 0.29) is 23.0 Å². The molecule has 0 aromatic heterocycles. The smallest absolute Gasteiger partial charge is 0.315 e. The van der Waals surface area contributed by atoms with E-state index in [0.29, 0.717) is 19.4 Å². The molecule has 1 aliphatic rings. The van der Waals surface area contributed by atoms with E-state index in [9.17, 15) is 9.59 Å². The molecule has 1 unspecified atom stereocenters. The first-order chi connectivity index (χ1) is 9.89. The van der Waals surface area contributed by atoms with E-state index in [1.807, 2.05) is 0 Å². The SMILES string of the molecule is CCOC(=O)C1(C(C)OC(C)=O)CC(C)(C)N(C)C(C)(C)C1. The van der Waals surface area contributed by atoms with Crippen molar-refractivity contribution in [1.82, 2.24) is 4.90 Å². The van der Waals surface area contributed by atoms with E-state index in [1.165, 1.54) is 6.92 Å². The van der Waals surface area contributed by atoms with Crippen LogP contribution in [0.1, 0.15) is 61.3 Å². The maximum atomic E-state index is 12.8. The minimum atomic E-state index is -0.818. The molecule has 5 heteroatoms. The van der Waals surface area contributed by atoms with Crippen LogP contribution in [0.2, 0.25) is 0 Å². The van der Waals surface area contributed by atoms with Crippen molar-refractivity contribution in [2.75, 3.05) is 13.7 Å². The second kappa shape index (κ2) is 6.19. The number of esters is 2. The van der Waals surface area contributed by atoms with Crippen molar-refractivity contribution in [2.45, 2.75) is 78.5 Å². The van der Waals surface area contributed by atoms with Crippen LogP contribution in [0.15, 0.2) is 0 Å². The predicted molar refractivity (Wildman–Crippen MR) is 85.4 cm³/mol. The van der Waals surface area contributed by atoms with Crippen LogP contribution in [0.3, 0.4) is 0 Å². The number of hydrogen-bond acceptors (Lipinski definition) is 5. The lowest BCUT2D eigenvalue weighted by Gasteiger charge is -2.58. The second-order valence-corrected chi connectivity index (χ2v) is 7.67. The third-order valence-corrected chi connectivity index (χ3v) is 5.11. The molecule has 128 valence electrons. The number of nitrogens with zero attached hydrogens (tertiary/aromatic N) is 1. The van der Waals surface area contributed by atoms with Gasteiger partial charge in [0.15, 0.2) is 0 Å². The third-order valence-electron chi connectivity index (χ3n) is 5.11. The summed E-state index contributed by atoms with van der Waals surface area (Å²) in [5, 5.41) is 0. The molecule has 0 amide bonds. The molecular weight excluding hydrogens is 282 g/mol.